The van der Waals surface area contributed by atoms with E-state index in [2.05, 4.69) is 15.9 Å². The first-order chi connectivity index (χ1) is 6.93. The zero-order valence-electron chi connectivity index (χ0n) is 8.73. The maximum atomic E-state index is 13.6. The van der Waals surface area contributed by atoms with E-state index >= 15 is 0 Å². The van der Waals surface area contributed by atoms with Gasteiger partial charge in [0.25, 0.3) is 0 Å². The van der Waals surface area contributed by atoms with Crippen LogP contribution in [0.15, 0.2) is 16.6 Å². The molecular weight excluding hydrogens is 264 g/mol. The minimum atomic E-state index is -0.525. The summed E-state index contributed by atoms with van der Waals surface area (Å²) in [6.07, 6.45) is 0.560. The average Bonchev–Trinajstić information content (AvgIpc) is 2.11. The molecule has 1 aromatic carbocycles. The predicted molar refractivity (Wildman–Crippen MR) is 60.7 cm³/mol. The molecule has 1 rings (SSSR count). The Hall–Kier alpha value is -0.480. The van der Waals surface area contributed by atoms with Crippen molar-refractivity contribution in [2.24, 2.45) is 5.73 Å². The molecule has 4 heteroatoms. The fourth-order valence-electron chi connectivity index (χ4n) is 1.67. The molecular formula is C11H14BrF2N. The molecule has 0 aliphatic heterocycles. The summed E-state index contributed by atoms with van der Waals surface area (Å²) in [5.41, 5.74) is 5.72. The second-order valence-electron chi connectivity index (χ2n) is 3.87. The molecule has 2 atom stereocenters. The molecule has 0 radical (unpaired) electrons. The first-order valence-corrected chi connectivity index (χ1v) is 5.61. The van der Waals surface area contributed by atoms with Crippen molar-refractivity contribution in [3.8, 4) is 0 Å². The number of halogens is 3. The third kappa shape index (κ3) is 2.98. The summed E-state index contributed by atoms with van der Waals surface area (Å²) in [5.74, 6) is -1.26. The van der Waals surface area contributed by atoms with Crippen molar-refractivity contribution in [1.29, 1.82) is 0 Å². The highest BCUT2D eigenvalue weighted by Gasteiger charge is 2.19. The van der Waals surface area contributed by atoms with Gasteiger partial charge in [0, 0.05) is 11.6 Å². The van der Waals surface area contributed by atoms with Crippen molar-refractivity contribution in [2.45, 2.75) is 32.2 Å². The summed E-state index contributed by atoms with van der Waals surface area (Å²) in [4.78, 5) is 0. The number of benzene rings is 1. The van der Waals surface area contributed by atoms with E-state index in [0.29, 0.717) is 6.42 Å². The minimum absolute atomic E-state index is 0.0715. The molecule has 0 fully saturated rings. The first-order valence-electron chi connectivity index (χ1n) is 4.82. The standard InChI is InChI=1S/C11H14BrF2N/c1-6(5-7(2)15)10-9(13)4-3-8(12)11(10)14/h3-4,6-7H,5,15H2,1-2H3. The van der Waals surface area contributed by atoms with Crippen LogP contribution in [0.2, 0.25) is 0 Å². The van der Waals surface area contributed by atoms with Crippen LogP contribution in [0, 0.1) is 11.6 Å². The van der Waals surface area contributed by atoms with Crippen LogP contribution in [0.5, 0.6) is 0 Å². The van der Waals surface area contributed by atoms with Crippen molar-refractivity contribution in [3.63, 3.8) is 0 Å². The van der Waals surface area contributed by atoms with Crippen LogP contribution < -0.4 is 5.73 Å². The monoisotopic (exact) mass is 277 g/mol. The van der Waals surface area contributed by atoms with Gasteiger partial charge in [-0.2, -0.15) is 0 Å². The van der Waals surface area contributed by atoms with Crippen LogP contribution in [0.4, 0.5) is 8.78 Å². The number of hydrogen-bond acceptors (Lipinski definition) is 1. The summed E-state index contributed by atoms with van der Waals surface area (Å²) in [6, 6.07) is 2.56. The highest BCUT2D eigenvalue weighted by molar-refractivity contribution is 9.10. The summed E-state index contributed by atoms with van der Waals surface area (Å²) < 4.78 is 27.4. The highest BCUT2D eigenvalue weighted by Crippen LogP contribution is 2.29. The van der Waals surface area contributed by atoms with Crippen LogP contribution in [-0.4, -0.2) is 6.04 Å². The Morgan fingerprint density at radius 2 is 1.93 bits per heavy atom. The lowest BCUT2D eigenvalue weighted by Gasteiger charge is -2.16. The van der Waals surface area contributed by atoms with Crippen molar-refractivity contribution < 1.29 is 8.78 Å². The highest BCUT2D eigenvalue weighted by atomic mass is 79.9. The molecule has 2 unspecified atom stereocenters. The van der Waals surface area contributed by atoms with Gasteiger partial charge in [0.05, 0.1) is 4.47 Å². The van der Waals surface area contributed by atoms with Crippen molar-refractivity contribution in [3.05, 3.63) is 33.8 Å². The Morgan fingerprint density at radius 1 is 1.33 bits per heavy atom. The van der Waals surface area contributed by atoms with Crippen LogP contribution >= 0.6 is 15.9 Å². The maximum Gasteiger partial charge on any atom is 0.143 e. The van der Waals surface area contributed by atoms with Gasteiger partial charge < -0.3 is 5.73 Å². The number of hydrogen-bond donors (Lipinski definition) is 1. The molecule has 0 aliphatic rings. The van der Waals surface area contributed by atoms with Gasteiger partial charge in [0.2, 0.25) is 0 Å². The van der Waals surface area contributed by atoms with Gasteiger partial charge in [0.15, 0.2) is 0 Å². The minimum Gasteiger partial charge on any atom is -0.328 e. The lowest BCUT2D eigenvalue weighted by atomic mass is 9.94. The topological polar surface area (TPSA) is 26.0 Å². The van der Waals surface area contributed by atoms with Crippen LogP contribution in [-0.2, 0) is 0 Å². The Balaban J connectivity index is 3.07. The van der Waals surface area contributed by atoms with Gasteiger partial charge in [-0.05, 0) is 47.3 Å². The molecule has 2 N–H and O–H groups in total. The fourth-order valence-corrected chi connectivity index (χ4v) is 2.02. The lowest BCUT2D eigenvalue weighted by Crippen LogP contribution is -2.18. The first kappa shape index (κ1) is 12.6. The van der Waals surface area contributed by atoms with Crippen molar-refractivity contribution >= 4 is 15.9 Å². The van der Waals surface area contributed by atoms with Gasteiger partial charge >= 0.3 is 0 Å². The van der Waals surface area contributed by atoms with Gasteiger partial charge in [-0.3, -0.25) is 0 Å². The average molecular weight is 278 g/mol. The molecule has 0 aliphatic carbocycles. The second-order valence-corrected chi connectivity index (χ2v) is 4.73. The zero-order chi connectivity index (χ0) is 11.6. The van der Waals surface area contributed by atoms with E-state index in [9.17, 15) is 8.78 Å². The Morgan fingerprint density at radius 3 is 2.47 bits per heavy atom. The molecule has 0 aromatic heterocycles. The molecule has 0 heterocycles. The van der Waals surface area contributed by atoms with E-state index < -0.39 is 11.6 Å². The normalized spacial score (nSPS) is 15.1. The quantitative estimate of drug-likeness (QED) is 0.840. The van der Waals surface area contributed by atoms with Gasteiger partial charge in [-0.1, -0.05) is 6.92 Å². The number of nitrogens with two attached hydrogens (primary N) is 1. The summed E-state index contributed by atoms with van der Waals surface area (Å²) in [6.45, 7) is 3.60. The summed E-state index contributed by atoms with van der Waals surface area (Å²) >= 11 is 3.04. The van der Waals surface area contributed by atoms with E-state index in [1.165, 1.54) is 12.1 Å². The molecule has 84 valence electrons. The van der Waals surface area contributed by atoms with E-state index in [-0.39, 0.29) is 22.0 Å². The van der Waals surface area contributed by atoms with Gasteiger partial charge in [-0.25, -0.2) is 8.78 Å². The van der Waals surface area contributed by atoms with Gasteiger partial charge in [-0.15, -0.1) is 0 Å². The third-order valence-electron chi connectivity index (χ3n) is 2.30. The molecule has 0 amide bonds. The lowest BCUT2D eigenvalue weighted by molar-refractivity contribution is 0.499. The number of rotatable bonds is 3. The third-order valence-corrected chi connectivity index (χ3v) is 2.91. The molecule has 15 heavy (non-hydrogen) atoms. The largest absolute Gasteiger partial charge is 0.328 e. The Kier molecular flexibility index (Phi) is 4.22. The maximum absolute atomic E-state index is 13.6. The van der Waals surface area contributed by atoms with Crippen LogP contribution in [0.1, 0.15) is 31.7 Å². The smallest absolute Gasteiger partial charge is 0.143 e. The molecule has 0 bridgehead atoms. The fraction of sp³-hybridized carbons (Fsp3) is 0.455. The molecule has 1 nitrogen and oxygen atoms in total. The van der Waals surface area contributed by atoms with Gasteiger partial charge in [0.1, 0.15) is 11.6 Å². The van der Waals surface area contributed by atoms with Crippen molar-refractivity contribution in [1.82, 2.24) is 0 Å². The summed E-state index contributed by atoms with van der Waals surface area (Å²) in [5, 5.41) is 0. The van der Waals surface area contributed by atoms with Crippen LogP contribution in [0.25, 0.3) is 0 Å². The summed E-state index contributed by atoms with van der Waals surface area (Å²) in [7, 11) is 0. The van der Waals surface area contributed by atoms with E-state index in [0.717, 1.165) is 0 Å². The Labute approximate surface area is 96.8 Å². The van der Waals surface area contributed by atoms with E-state index in [1.807, 2.05) is 6.92 Å². The molecule has 0 saturated carbocycles. The van der Waals surface area contributed by atoms with E-state index in [1.54, 1.807) is 6.92 Å². The van der Waals surface area contributed by atoms with Crippen LogP contribution in [0.3, 0.4) is 0 Å². The zero-order valence-corrected chi connectivity index (χ0v) is 10.3. The molecule has 1 aromatic rings. The van der Waals surface area contributed by atoms with E-state index in [4.69, 9.17) is 5.73 Å². The second kappa shape index (κ2) is 5.03. The Bertz CT molecular complexity index is 353. The molecule has 0 saturated heterocycles. The van der Waals surface area contributed by atoms with Crippen molar-refractivity contribution in [2.75, 3.05) is 0 Å². The molecule has 0 spiro atoms. The SMILES string of the molecule is CC(N)CC(C)c1c(F)ccc(Br)c1F. The predicted octanol–water partition coefficient (Wildman–Crippen LogP) is 3.57.